The molecular weight excluding hydrogens is 380 g/mol. The average molecular weight is 419 g/mol. The van der Waals surface area contributed by atoms with E-state index in [2.05, 4.69) is 5.32 Å². The molecule has 1 saturated carbocycles. The van der Waals surface area contributed by atoms with Crippen LogP contribution in [0.25, 0.3) is 0 Å². The maximum atomic E-state index is 13.0. The van der Waals surface area contributed by atoms with Crippen LogP contribution in [0.2, 0.25) is 0 Å². The monoisotopic (exact) mass is 418 g/mol. The van der Waals surface area contributed by atoms with Gasteiger partial charge in [-0.3, -0.25) is 9.59 Å². The fourth-order valence-corrected chi connectivity index (χ4v) is 4.05. The zero-order valence-corrected chi connectivity index (χ0v) is 19.2. The number of likely N-dealkylation sites (N-methyl/N-ethyl adjacent to an activating group) is 1. The molecule has 1 N–H and O–H groups in total. The molecule has 2 amide bonds. The molecule has 0 heterocycles. The van der Waals surface area contributed by atoms with Gasteiger partial charge >= 0.3 is 0 Å². The number of methoxy groups -OCH3 is 2. The molecule has 1 fully saturated rings. The molecule has 0 aliphatic heterocycles. The zero-order chi connectivity index (χ0) is 22.1. The van der Waals surface area contributed by atoms with Crippen LogP contribution in [0.5, 0.6) is 11.5 Å². The van der Waals surface area contributed by atoms with E-state index in [1.165, 1.54) is 6.42 Å². The second-order valence-electron chi connectivity index (χ2n) is 8.62. The van der Waals surface area contributed by atoms with Crippen molar-refractivity contribution in [3.63, 3.8) is 0 Å². The molecule has 30 heavy (non-hydrogen) atoms. The van der Waals surface area contributed by atoms with Crippen LogP contribution in [0.1, 0.15) is 57.9 Å². The van der Waals surface area contributed by atoms with E-state index in [-0.39, 0.29) is 23.7 Å². The smallest absolute Gasteiger partial charge is 0.245 e. The predicted octanol–water partition coefficient (Wildman–Crippen LogP) is 3.82. The number of ether oxygens (including phenoxy) is 2. The fraction of sp³-hybridized carbons (Fsp3) is 0.667. The van der Waals surface area contributed by atoms with Crippen molar-refractivity contribution in [3.05, 3.63) is 23.8 Å². The summed E-state index contributed by atoms with van der Waals surface area (Å²) in [6, 6.07) is 5.43. The predicted molar refractivity (Wildman–Crippen MR) is 119 cm³/mol. The molecule has 168 valence electrons. The molecule has 2 rings (SSSR count). The van der Waals surface area contributed by atoms with E-state index in [9.17, 15) is 9.59 Å². The van der Waals surface area contributed by atoms with Crippen molar-refractivity contribution >= 4 is 11.8 Å². The maximum absolute atomic E-state index is 13.0. The van der Waals surface area contributed by atoms with Crippen molar-refractivity contribution in [2.75, 3.05) is 27.8 Å². The van der Waals surface area contributed by atoms with Gasteiger partial charge in [0.25, 0.3) is 0 Å². The number of amides is 2. The van der Waals surface area contributed by atoms with E-state index in [0.717, 1.165) is 44.1 Å². The summed E-state index contributed by atoms with van der Waals surface area (Å²) in [5.74, 6) is 1.57. The van der Waals surface area contributed by atoms with E-state index in [0.29, 0.717) is 18.0 Å². The lowest BCUT2D eigenvalue weighted by atomic mass is 9.88. The minimum Gasteiger partial charge on any atom is -0.493 e. The molecule has 0 bridgehead atoms. The molecule has 6 heteroatoms. The van der Waals surface area contributed by atoms with Crippen LogP contribution in [-0.2, 0) is 16.0 Å². The summed E-state index contributed by atoms with van der Waals surface area (Å²) in [4.78, 5) is 27.4. The van der Waals surface area contributed by atoms with Gasteiger partial charge in [0.2, 0.25) is 11.8 Å². The molecule has 6 nitrogen and oxygen atoms in total. The number of hydrogen-bond donors (Lipinski definition) is 1. The van der Waals surface area contributed by atoms with E-state index in [4.69, 9.17) is 9.47 Å². The first-order chi connectivity index (χ1) is 14.4. The lowest BCUT2D eigenvalue weighted by molar-refractivity contribution is -0.138. The van der Waals surface area contributed by atoms with Crippen molar-refractivity contribution in [3.8, 4) is 11.5 Å². The molecule has 0 spiro atoms. The second-order valence-corrected chi connectivity index (χ2v) is 8.62. The van der Waals surface area contributed by atoms with Crippen molar-refractivity contribution in [1.29, 1.82) is 0 Å². The Hall–Kier alpha value is -2.24. The molecule has 1 atom stereocenters. The number of carbonyl (C=O) groups excluding carboxylic acids is 2. The molecule has 1 unspecified atom stereocenters. The summed E-state index contributed by atoms with van der Waals surface area (Å²) in [7, 11) is 5.07. The van der Waals surface area contributed by atoms with Crippen molar-refractivity contribution in [2.45, 2.75) is 64.8 Å². The van der Waals surface area contributed by atoms with Gasteiger partial charge in [-0.15, -0.1) is 0 Å². The van der Waals surface area contributed by atoms with Crippen molar-refractivity contribution < 1.29 is 19.1 Å². The van der Waals surface area contributed by atoms with Gasteiger partial charge < -0.3 is 19.7 Å². The van der Waals surface area contributed by atoms with Gasteiger partial charge in [0, 0.05) is 19.5 Å². The summed E-state index contributed by atoms with van der Waals surface area (Å²) in [6.07, 6.45) is 6.96. The summed E-state index contributed by atoms with van der Waals surface area (Å²) >= 11 is 0. The minimum absolute atomic E-state index is 0.0125. The Morgan fingerprint density at radius 3 is 2.37 bits per heavy atom. The lowest BCUT2D eigenvalue weighted by Crippen LogP contribution is -2.52. The SMILES string of the molecule is COc1ccc(CCCN(C)C(=O)C(NC(=O)C2CCCCC2)C(C)C)cc1OC. The standard InChI is InChI=1S/C24H38N2O4/c1-17(2)22(25-23(27)19-11-7-6-8-12-19)24(28)26(3)15-9-10-18-13-14-20(29-4)21(16-18)30-5/h13-14,16-17,19,22H,6-12,15H2,1-5H3,(H,25,27). The number of rotatable bonds is 10. The third-order valence-corrected chi connectivity index (χ3v) is 5.99. The molecule has 1 aromatic rings. The van der Waals surface area contributed by atoms with Gasteiger partial charge in [0.1, 0.15) is 6.04 Å². The van der Waals surface area contributed by atoms with Crippen LogP contribution < -0.4 is 14.8 Å². The number of carbonyl (C=O) groups is 2. The number of benzene rings is 1. The summed E-state index contributed by atoms with van der Waals surface area (Å²) in [5, 5.41) is 3.04. The first-order valence-electron chi connectivity index (χ1n) is 11.1. The van der Waals surface area contributed by atoms with Gasteiger partial charge in [-0.05, 0) is 49.3 Å². The van der Waals surface area contributed by atoms with Crippen LogP contribution in [0.3, 0.4) is 0 Å². The number of nitrogens with zero attached hydrogens (tertiary/aromatic N) is 1. The largest absolute Gasteiger partial charge is 0.493 e. The van der Waals surface area contributed by atoms with E-state index < -0.39 is 6.04 Å². The lowest BCUT2D eigenvalue weighted by Gasteiger charge is -2.29. The first-order valence-corrected chi connectivity index (χ1v) is 11.1. The molecular formula is C24H38N2O4. The summed E-state index contributed by atoms with van der Waals surface area (Å²) < 4.78 is 10.6. The van der Waals surface area contributed by atoms with Gasteiger partial charge in [-0.2, -0.15) is 0 Å². The van der Waals surface area contributed by atoms with Gasteiger partial charge in [-0.1, -0.05) is 39.2 Å². The molecule has 0 radical (unpaired) electrons. The van der Waals surface area contributed by atoms with E-state index in [1.807, 2.05) is 39.1 Å². The van der Waals surface area contributed by atoms with Crippen LogP contribution >= 0.6 is 0 Å². The molecule has 1 aliphatic carbocycles. The first kappa shape index (κ1) is 24.0. The van der Waals surface area contributed by atoms with Gasteiger partial charge in [-0.25, -0.2) is 0 Å². The number of hydrogen-bond acceptors (Lipinski definition) is 4. The highest BCUT2D eigenvalue weighted by molar-refractivity contribution is 5.88. The topological polar surface area (TPSA) is 67.9 Å². The van der Waals surface area contributed by atoms with Gasteiger partial charge in [0.05, 0.1) is 14.2 Å². The Morgan fingerprint density at radius 2 is 1.77 bits per heavy atom. The zero-order valence-electron chi connectivity index (χ0n) is 19.2. The summed E-state index contributed by atoms with van der Waals surface area (Å²) in [6.45, 7) is 4.61. The highest BCUT2D eigenvalue weighted by Crippen LogP contribution is 2.28. The quantitative estimate of drug-likeness (QED) is 0.627. The minimum atomic E-state index is -0.467. The highest BCUT2D eigenvalue weighted by atomic mass is 16.5. The van der Waals surface area contributed by atoms with Crippen LogP contribution in [-0.4, -0.2) is 50.6 Å². The molecule has 0 saturated heterocycles. The molecule has 1 aliphatic rings. The normalized spacial score (nSPS) is 15.5. The molecule has 0 aromatic heterocycles. The van der Waals surface area contributed by atoms with Gasteiger partial charge in [0.15, 0.2) is 11.5 Å². The maximum Gasteiger partial charge on any atom is 0.245 e. The van der Waals surface area contributed by atoms with Crippen LogP contribution in [0, 0.1) is 11.8 Å². The van der Waals surface area contributed by atoms with Crippen molar-refractivity contribution in [2.24, 2.45) is 11.8 Å². The van der Waals surface area contributed by atoms with E-state index >= 15 is 0 Å². The number of aryl methyl sites for hydroxylation is 1. The Balaban J connectivity index is 1.88. The molecule has 1 aromatic carbocycles. The Labute approximate surface area is 181 Å². The average Bonchev–Trinajstić information content (AvgIpc) is 2.76. The third-order valence-electron chi connectivity index (χ3n) is 5.99. The van der Waals surface area contributed by atoms with Crippen molar-refractivity contribution in [1.82, 2.24) is 10.2 Å². The Morgan fingerprint density at radius 1 is 1.10 bits per heavy atom. The Kier molecular flexibility index (Phi) is 9.47. The van der Waals surface area contributed by atoms with Crippen LogP contribution in [0.4, 0.5) is 0 Å². The van der Waals surface area contributed by atoms with Crippen LogP contribution in [0.15, 0.2) is 18.2 Å². The second kappa shape index (κ2) is 11.8. The third kappa shape index (κ3) is 6.64. The Bertz CT molecular complexity index is 698. The van der Waals surface area contributed by atoms with E-state index in [1.54, 1.807) is 19.1 Å². The fourth-order valence-electron chi connectivity index (χ4n) is 4.05. The summed E-state index contributed by atoms with van der Waals surface area (Å²) in [5.41, 5.74) is 1.14. The highest BCUT2D eigenvalue weighted by Gasteiger charge is 2.30. The number of nitrogens with one attached hydrogen (secondary N) is 1.